The molecule has 1 N–H and O–H groups in total. The van der Waals surface area contributed by atoms with Gasteiger partial charge in [-0.05, 0) is 50.3 Å². The summed E-state index contributed by atoms with van der Waals surface area (Å²) in [5, 5.41) is 10.0. The van der Waals surface area contributed by atoms with Crippen LogP contribution in [0.25, 0.3) is 0 Å². The number of rotatable bonds is 6. The van der Waals surface area contributed by atoms with Crippen LogP contribution in [0.4, 0.5) is 0 Å². The molecule has 2 rings (SSSR count). The predicted molar refractivity (Wildman–Crippen MR) is 81.9 cm³/mol. The number of ether oxygens (including phenoxy) is 3. The summed E-state index contributed by atoms with van der Waals surface area (Å²) in [7, 11) is 0. The van der Waals surface area contributed by atoms with Gasteiger partial charge in [0.2, 0.25) is 0 Å². The first-order valence-corrected chi connectivity index (χ1v) is 7.65. The molecule has 0 aliphatic carbocycles. The molecule has 1 aliphatic rings. The Morgan fingerprint density at radius 1 is 1.14 bits per heavy atom. The lowest BCUT2D eigenvalue weighted by atomic mass is 10.1. The topological polar surface area (TPSA) is 47.9 Å². The van der Waals surface area contributed by atoms with Crippen LogP contribution in [0.2, 0.25) is 0 Å². The second-order valence-corrected chi connectivity index (χ2v) is 5.76. The highest BCUT2D eigenvalue weighted by Crippen LogP contribution is 2.25. The first kappa shape index (κ1) is 16.3. The summed E-state index contributed by atoms with van der Waals surface area (Å²) < 4.78 is 16.8. The number of benzene rings is 1. The first-order chi connectivity index (χ1) is 10.1. The molecule has 1 heterocycles. The fourth-order valence-corrected chi connectivity index (χ4v) is 2.47. The first-order valence-electron chi connectivity index (χ1n) is 7.65. The van der Waals surface area contributed by atoms with Gasteiger partial charge in [-0.25, -0.2) is 0 Å². The van der Waals surface area contributed by atoms with Crippen molar-refractivity contribution in [3.63, 3.8) is 0 Å². The Morgan fingerprint density at radius 2 is 1.81 bits per heavy atom. The largest absolute Gasteiger partial charge is 0.490 e. The number of aryl methyl sites for hydroxylation is 2. The van der Waals surface area contributed by atoms with Crippen molar-refractivity contribution in [1.29, 1.82) is 0 Å². The highest BCUT2D eigenvalue weighted by molar-refractivity contribution is 5.44. The van der Waals surface area contributed by atoms with Crippen LogP contribution in [-0.4, -0.2) is 43.7 Å². The molecule has 21 heavy (non-hydrogen) atoms. The van der Waals surface area contributed by atoms with Crippen molar-refractivity contribution >= 4 is 0 Å². The van der Waals surface area contributed by atoms with Gasteiger partial charge in [-0.2, -0.15) is 0 Å². The van der Waals surface area contributed by atoms with Gasteiger partial charge in [-0.15, -0.1) is 0 Å². The van der Waals surface area contributed by atoms with E-state index in [0.29, 0.717) is 6.61 Å². The number of aliphatic hydroxyl groups is 1. The zero-order valence-corrected chi connectivity index (χ0v) is 13.2. The van der Waals surface area contributed by atoms with E-state index in [9.17, 15) is 5.11 Å². The van der Waals surface area contributed by atoms with Crippen LogP contribution in [0.1, 0.15) is 29.5 Å². The Bertz CT molecular complexity index is 452. The van der Waals surface area contributed by atoms with Crippen LogP contribution >= 0.6 is 0 Å². The molecule has 1 fully saturated rings. The van der Waals surface area contributed by atoms with E-state index in [-0.39, 0.29) is 12.7 Å². The monoisotopic (exact) mass is 294 g/mol. The van der Waals surface area contributed by atoms with E-state index < -0.39 is 6.10 Å². The number of hydrogen-bond donors (Lipinski definition) is 1. The summed E-state index contributed by atoms with van der Waals surface area (Å²) >= 11 is 0. The minimum Gasteiger partial charge on any atom is -0.490 e. The van der Waals surface area contributed by atoms with Crippen molar-refractivity contribution in [3.05, 3.63) is 28.8 Å². The average molecular weight is 294 g/mol. The Labute approximate surface area is 127 Å². The van der Waals surface area contributed by atoms with Crippen LogP contribution in [0.3, 0.4) is 0 Å². The van der Waals surface area contributed by atoms with Crippen molar-refractivity contribution in [3.8, 4) is 5.75 Å². The molecule has 1 unspecified atom stereocenters. The molecule has 4 nitrogen and oxygen atoms in total. The molecule has 0 amide bonds. The Balaban J connectivity index is 1.78. The Kier molecular flexibility index (Phi) is 6.03. The second kappa shape index (κ2) is 7.78. The Morgan fingerprint density at radius 3 is 2.52 bits per heavy atom. The summed E-state index contributed by atoms with van der Waals surface area (Å²) in [5.41, 5.74) is 3.42. The molecule has 0 aromatic heterocycles. The molecule has 0 spiro atoms. The molecule has 118 valence electrons. The van der Waals surface area contributed by atoms with Crippen LogP contribution in [0, 0.1) is 20.8 Å². The third-order valence-electron chi connectivity index (χ3n) is 3.99. The van der Waals surface area contributed by atoms with Crippen molar-refractivity contribution in [1.82, 2.24) is 0 Å². The molecule has 1 aromatic rings. The summed E-state index contributed by atoms with van der Waals surface area (Å²) in [4.78, 5) is 0. The van der Waals surface area contributed by atoms with Gasteiger partial charge >= 0.3 is 0 Å². The molecule has 4 heteroatoms. The summed E-state index contributed by atoms with van der Waals surface area (Å²) in [5.74, 6) is 0.875. The van der Waals surface area contributed by atoms with E-state index in [0.717, 1.165) is 42.9 Å². The molecule has 0 bridgehead atoms. The SMILES string of the molecule is Cc1ccc(C)c(OCC(O)COC2CCOCC2)c1C. The fourth-order valence-electron chi connectivity index (χ4n) is 2.47. The normalized spacial score (nSPS) is 17.7. The minimum atomic E-state index is -0.604. The zero-order chi connectivity index (χ0) is 15.2. The van der Waals surface area contributed by atoms with Gasteiger partial charge in [0.1, 0.15) is 18.5 Å². The molecule has 1 atom stereocenters. The lowest BCUT2D eigenvalue weighted by Crippen LogP contribution is -2.30. The van der Waals surface area contributed by atoms with E-state index in [4.69, 9.17) is 14.2 Å². The Hall–Kier alpha value is -1.10. The highest BCUT2D eigenvalue weighted by Gasteiger charge is 2.16. The van der Waals surface area contributed by atoms with Gasteiger partial charge in [-0.3, -0.25) is 0 Å². The van der Waals surface area contributed by atoms with Gasteiger partial charge in [0.15, 0.2) is 0 Å². The average Bonchev–Trinajstić information content (AvgIpc) is 2.50. The van der Waals surface area contributed by atoms with Crippen molar-refractivity contribution in [2.75, 3.05) is 26.4 Å². The maximum Gasteiger partial charge on any atom is 0.125 e. The van der Waals surface area contributed by atoms with Gasteiger partial charge in [0.05, 0.1) is 12.7 Å². The number of hydrogen-bond acceptors (Lipinski definition) is 4. The molecule has 0 saturated carbocycles. The molecular weight excluding hydrogens is 268 g/mol. The van der Waals surface area contributed by atoms with E-state index in [1.54, 1.807) is 0 Å². The predicted octanol–water partition coefficient (Wildman–Crippen LogP) is 2.55. The third-order valence-corrected chi connectivity index (χ3v) is 3.99. The van der Waals surface area contributed by atoms with Crippen molar-refractivity contribution in [2.45, 2.75) is 45.8 Å². The highest BCUT2D eigenvalue weighted by atomic mass is 16.5. The molecular formula is C17H26O4. The van der Waals surface area contributed by atoms with Gasteiger partial charge < -0.3 is 19.3 Å². The van der Waals surface area contributed by atoms with Crippen LogP contribution in [-0.2, 0) is 9.47 Å². The van der Waals surface area contributed by atoms with Crippen molar-refractivity contribution in [2.24, 2.45) is 0 Å². The molecule has 1 saturated heterocycles. The van der Waals surface area contributed by atoms with Crippen molar-refractivity contribution < 1.29 is 19.3 Å². The minimum absolute atomic E-state index is 0.204. The second-order valence-electron chi connectivity index (χ2n) is 5.76. The van der Waals surface area contributed by atoms with Crippen LogP contribution in [0.15, 0.2) is 12.1 Å². The quantitative estimate of drug-likeness (QED) is 0.876. The molecule has 0 radical (unpaired) electrons. The van der Waals surface area contributed by atoms with Gasteiger partial charge in [0, 0.05) is 13.2 Å². The third kappa shape index (κ3) is 4.70. The van der Waals surface area contributed by atoms with Crippen LogP contribution < -0.4 is 4.74 Å². The van der Waals surface area contributed by atoms with Gasteiger partial charge in [-0.1, -0.05) is 12.1 Å². The smallest absolute Gasteiger partial charge is 0.125 e. The fraction of sp³-hybridized carbons (Fsp3) is 0.647. The van der Waals surface area contributed by atoms with E-state index >= 15 is 0 Å². The summed E-state index contributed by atoms with van der Waals surface area (Å²) in [6.45, 7) is 8.20. The maximum absolute atomic E-state index is 10.0. The van der Waals surface area contributed by atoms with Crippen LogP contribution in [0.5, 0.6) is 5.75 Å². The number of aliphatic hydroxyl groups excluding tert-OH is 1. The summed E-state index contributed by atoms with van der Waals surface area (Å²) in [6.07, 6.45) is 1.41. The lowest BCUT2D eigenvalue weighted by molar-refractivity contribution is -0.0660. The lowest BCUT2D eigenvalue weighted by Gasteiger charge is -2.24. The van der Waals surface area contributed by atoms with E-state index in [1.807, 2.05) is 19.9 Å². The van der Waals surface area contributed by atoms with E-state index in [2.05, 4.69) is 13.0 Å². The van der Waals surface area contributed by atoms with E-state index in [1.165, 1.54) is 5.56 Å². The summed E-state index contributed by atoms with van der Waals surface area (Å²) in [6, 6.07) is 4.13. The van der Waals surface area contributed by atoms with Gasteiger partial charge in [0.25, 0.3) is 0 Å². The standard InChI is InChI=1S/C17H26O4/c1-12-4-5-13(2)17(14(12)3)21-11-15(18)10-20-16-6-8-19-9-7-16/h4-5,15-16,18H,6-11H2,1-3H3. The zero-order valence-electron chi connectivity index (χ0n) is 13.2. The maximum atomic E-state index is 10.0. The molecule has 1 aliphatic heterocycles. The molecule has 1 aromatic carbocycles.